The third kappa shape index (κ3) is 3.26. The lowest BCUT2D eigenvalue weighted by Crippen LogP contribution is -2.00. The molecular formula is C7H12Cl2N2O. The van der Waals surface area contributed by atoms with Crippen molar-refractivity contribution in [3.05, 3.63) is 23.5 Å². The molecule has 1 aromatic heterocycles. The average molecular weight is 211 g/mol. The van der Waals surface area contributed by atoms with Gasteiger partial charge in [0.05, 0.1) is 5.69 Å². The molecule has 0 aliphatic carbocycles. The molecule has 1 aromatic rings. The fourth-order valence-electron chi connectivity index (χ4n) is 0.753. The van der Waals surface area contributed by atoms with Gasteiger partial charge in [-0.3, -0.25) is 4.98 Å². The molecule has 3 N–H and O–H groups in total. The minimum absolute atomic E-state index is 0. The minimum Gasteiger partial charge on any atom is -0.506 e. The molecule has 70 valence electrons. The number of halogens is 2. The summed E-state index contributed by atoms with van der Waals surface area (Å²) in [7, 11) is 0. The maximum absolute atomic E-state index is 9.09. The van der Waals surface area contributed by atoms with Gasteiger partial charge in [0.15, 0.2) is 0 Å². The van der Waals surface area contributed by atoms with E-state index in [1.807, 2.05) is 6.92 Å². The summed E-state index contributed by atoms with van der Waals surface area (Å²) >= 11 is 0. The van der Waals surface area contributed by atoms with Gasteiger partial charge in [-0.1, -0.05) is 0 Å². The molecule has 0 unspecified atom stereocenters. The van der Waals surface area contributed by atoms with Crippen LogP contribution in [0.3, 0.4) is 0 Å². The average Bonchev–Trinajstić information content (AvgIpc) is 1.94. The van der Waals surface area contributed by atoms with Crippen LogP contribution in [-0.2, 0) is 6.54 Å². The highest BCUT2D eigenvalue weighted by atomic mass is 35.5. The lowest BCUT2D eigenvalue weighted by atomic mass is 10.3. The van der Waals surface area contributed by atoms with Crippen molar-refractivity contribution in [2.75, 3.05) is 0 Å². The Balaban J connectivity index is 0. The van der Waals surface area contributed by atoms with E-state index in [-0.39, 0.29) is 37.1 Å². The Labute approximate surface area is 83.8 Å². The third-order valence-electron chi connectivity index (χ3n) is 1.28. The van der Waals surface area contributed by atoms with E-state index in [0.29, 0.717) is 5.69 Å². The molecule has 0 atom stereocenters. The molecule has 1 rings (SSSR count). The van der Waals surface area contributed by atoms with Crippen LogP contribution in [0.4, 0.5) is 0 Å². The first kappa shape index (κ1) is 14.0. The molecule has 0 spiro atoms. The quantitative estimate of drug-likeness (QED) is 0.738. The zero-order valence-corrected chi connectivity index (χ0v) is 8.28. The zero-order valence-electron chi connectivity index (χ0n) is 6.65. The smallest absolute Gasteiger partial charge is 0.138 e. The largest absolute Gasteiger partial charge is 0.506 e. The first-order valence-electron chi connectivity index (χ1n) is 3.09. The fraction of sp³-hybridized carbons (Fsp3) is 0.286. The molecule has 12 heavy (non-hydrogen) atoms. The number of aromatic hydroxyl groups is 1. The van der Waals surface area contributed by atoms with E-state index >= 15 is 0 Å². The second-order valence-electron chi connectivity index (χ2n) is 2.12. The van der Waals surface area contributed by atoms with Gasteiger partial charge < -0.3 is 10.8 Å². The summed E-state index contributed by atoms with van der Waals surface area (Å²) in [6.45, 7) is 2.14. The summed E-state index contributed by atoms with van der Waals surface area (Å²) in [6, 6.07) is 3.35. The Morgan fingerprint density at radius 2 is 2.00 bits per heavy atom. The molecule has 3 nitrogen and oxygen atoms in total. The number of hydrogen-bond donors (Lipinski definition) is 2. The Morgan fingerprint density at radius 1 is 1.42 bits per heavy atom. The zero-order chi connectivity index (χ0) is 7.56. The second-order valence-corrected chi connectivity index (χ2v) is 2.12. The Bertz CT molecular complexity index is 243. The SMILES string of the molecule is Cc1ccc(O)c(CN)n1.Cl.Cl. The molecule has 0 aromatic carbocycles. The Kier molecular flexibility index (Phi) is 7.09. The molecule has 0 saturated carbocycles. The fourth-order valence-corrected chi connectivity index (χ4v) is 0.753. The van der Waals surface area contributed by atoms with Crippen molar-refractivity contribution in [1.82, 2.24) is 4.98 Å². The van der Waals surface area contributed by atoms with Crippen LogP contribution in [0.5, 0.6) is 5.75 Å². The van der Waals surface area contributed by atoms with E-state index in [9.17, 15) is 0 Å². The van der Waals surface area contributed by atoms with E-state index in [1.165, 1.54) is 0 Å². The van der Waals surface area contributed by atoms with Gasteiger partial charge in [-0.05, 0) is 19.1 Å². The number of aromatic nitrogens is 1. The Hall–Kier alpha value is -0.510. The van der Waals surface area contributed by atoms with Gasteiger partial charge in [-0.15, -0.1) is 24.8 Å². The molecule has 0 saturated heterocycles. The highest BCUT2D eigenvalue weighted by Crippen LogP contribution is 2.12. The van der Waals surface area contributed by atoms with Gasteiger partial charge in [0.25, 0.3) is 0 Å². The summed E-state index contributed by atoms with van der Waals surface area (Å²) in [5.41, 5.74) is 6.73. The van der Waals surface area contributed by atoms with Crippen LogP contribution >= 0.6 is 24.8 Å². The highest BCUT2D eigenvalue weighted by molar-refractivity contribution is 5.85. The van der Waals surface area contributed by atoms with Crippen molar-refractivity contribution < 1.29 is 5.11 Å². The van der Waals surface area contributed by atoms with Crippen molar-refractivity contribution in [3.8, 4) is 5.75 Å². The number of rotatable bonds is 1. The van der Waals surface area contributed by atoms with Gasteiger partial charge in [-0.25, -0.2) is 0 Å². The first-order valence-corrected chi connectivity index (χ1v) is 3.09. The molecule has 0 bridgehead atoms. The van der Waals surface area contributed by atoms with E-state index < -0.39 is 0 Å². The van der Waals surface area contributed by atoms with Crippen LogP contribution in [0.1, 0.15) is 11.4 Å². The van der Waals surface area contributed by atoms with Crippen molar-refractivity contribution in [3.63, 3.8) is 0 Å². The lowest BCUT2D eigenvalue weighted by molar-refractivity contribution is 0.464. The van der Waals surface area contributed by atoms with Crippen molar-refractivity contribution in [2.45, 2.75) is 13.5 Å². The maximum atomic E-state index is 9.09. The predicted octanol–water partition coefficient (Wildman–Crippen LogP) is 1.40. The monoisotopic (exact) mass is 210 g/mol. The Morgan fingerprint density at radius 3 is 2.42 bits per heavy atom. The van der Waals surface area contributed by atoms with E-state index in [4.69, 9.17) is 10.8 Å². The standard InChI is InChI=1S/C7H10N2O.2ClH/c1-5-2-3-7(10)6(4-8)9-5;;/h2-3,10H,4,8H2,1H3;2*1H. The van der Waals surface area contributed by atoms with Crippen molar-refractivity contribution in [1.29, 1.82) is 0 Å². The second kappa shape index (κ2) is 6.06. The molecule has 0 fully saturated rings. The predicted molar refractivity (Wildman–Crippen MR) is 53.0 cm³/mol. The molecule has 0 aliphatic rings. The number of hydrogen-bond acceptors (Lipinski definition) is 3. The molecule has 1 heterocycles. The highest BCUT2D eigenvalue weighted by Gasteiger charge is 1.98. The van der Waals surface area contributed by atoms with Crippen LogP contribution in [0.25, 0.3) is 0 Å². The van der Waals surface area contributed by atoms with E-state index in [0.717, 1.165) is 5.69 Å². The maximum Gasteiger partial charge on any atom is 0.138 e. The van der Waals surface area contributed by atoms with Gasteiger partial charge in [-0.2, -0.15) is 0 Å². The summed E-state index contributed by atoms with van der Waals surface area (Å²) in [6.07, 6.45) is 0. The summed E-state index contributed by atoms with van der Waals surface area (Å²) in [5, 5.41) is 9.09. The van der Waals surface area contributed by atoms with Crippen molar-refractivity contribution >= 4 is 24.8 Å². The normalized spacial score (nSPS) is 8.17. The first-order chi connectivity index (χ1) is 4.74. The van der Waals surface area contributed by atoms with Crippen LogP contribution < -0.4 is 5.73 Å². The van der Waals surface area contributed by atoms with E-state index in [1.54, 1.807) is 12.1 Å². The van der Waals surface area contributed by atoms with Gasteiger partial charge >= 0.3 is 0 Å². The minimum atomic E-state index is 0. The summed E-state index contributed by atoms with van der Waals surface area (Å²) in [5.74, 6) is 0.174. The molecule has 5 heteroatoms. The number of aryl methyl sites for hydroxylation is 1. The number of pyridine rings is 1. The molecule has 0 radical (unpaired) electrons. The van der Waals surface area contributed by atoms with Crippen LogP contribution in [0.2, 0.25) is 0 Å². The molecule has 0 aliphatic heterocycles. The van der Waals surface area contributed by atoms with Gasteiger partial charge in [0, 0.05) is 12.2 Å². The van der Waals surface area contributed by atoms with Crippen molar-refractivity contribution in [2.24, 2.45) is 5.73 Å². The topological polar surface area (TPSA) is 59.1 Å². The third-order valence-corrected chi connectivity index (χ3v) is 1.28. The molecule has 0 amide bonds. The lowest BCUT2D eigenvalue weighted by Gasteiger charge is -1.99. The summed E-state index contributed by atoms with van der Waals surface area (Å²) < 4.78 is 0. The molecular weight excluding hydrogens is 199 g/mol. The van der Waals surface area contributed by atoms with Gasteiger partial charge in [0.2, 0.25) is 0 Å². The van der Waals surface area contributed by atoms with Gasteiger partial charge in [0.1, 0.15) is 5.75 Å². The number of nitrogens with two attached hydrogens (primary N) is 1. The van der Waals surface area contributed by atoms with Crippen LogP contribution in [0.15, 0.2) is 12.1 Å². The van der Waals surface area contributed by atoms with E-state index in [2.05, 4.69) is 4.98 Å². The van der Waals surface area contributed by atoms with Crippen LogP contribution in [-0.4, -0.2) is 10.1 Å². The van der Waals surface area contributed by atoms with Crippen LogP contribution in [0, 0.1) is 6.92 Å². The number of nitrogens with zero attached hydrogens (tertiary/aromatic N) is 1. The summed E-state index contributed by atoms with van der Waals surface area (Å²) in [4.78, 5) is 4.02.